The molecule has 1 aromatic heterocycles. The average molecular weight is 680 g/mol. The summed E-state index contributed by atoms with van der Waals surface area (Å²) in [5, 5.41) is 10.2. The van der Waals surface area contributed by atoms with Crippen LogP contribution in [0.25, 0.3) is 22.2 Å². The van der Waals surface area contributed by atoms with Crippen LogP contribution in [0.2, 0.25) is 5.02 Å². The molecule has 1 atom stereocenters. The number of carbonyl (C=O) groups is 1. The lowest BCUT2D eigenvalue weighted by Crippen LogP contribution is -2.44. The van der Waals surface area contributed by atoms with E-state index in [4.69, 9.17) is 30.5 Å². The number of carboxylic acid groups (broad SMARTS) is 1. The number of benzene rings is 4. The molecule has 0 spiro atoms. The number of aromatic nitrogens is 1. The predicted octanol–water partition coefficient (Wildman–Crippen LogP) is 8.87. The van der Waals surface area contributed by atoms with Crippen LogP contribution in [0.3, 0.4) is 0 Å². The van der Waals surface area contributed by atoms with E-state index in [2.05, 4.69) is 66.4 Å². The number of anilines is 1. The van der Waals surface area contributed by atoms with Crippen LogP contribution in [0.5, 0.6) is 11.5 Å². The number of carboxylic acids is 1. The van der Waals surface area contributed by atoms with Gasteiger partial charge in [0.25, 0.3) is 0 Å². The molecule has 49 heavy (non-hydrogen) atoms. The highest BCUT2D eigenvalue weighted by Gasteiger charge is 2.29. The number of piperidine rings is 2. The second-order valence-electron chi connectivity index (χ2n) is 13.1. The molecule has 254 valence electrons. The Morgan fingerprint density at radius 3 is 2.53 bits per heavy atom. The second-order valence-corrected chi connectivity index (χ2v) is 13.5. The Labute approximate surface area is 292 Å². The van der Waals surface area contributed by atoms with Crippen LogP contribution in [-0.4, -0.2) is 53.7 Å². The Morgan fingerprint density at radius 2 is 1.76 bits per heavy atom. The summed E-state index contributed by atoms with van der Waals surface area (Å²) in [6.45, 7) is 5.58. The van der Waals surface area contributed by atoms with Crippen molar-refractivity contribution in [1.29, 1.82) is 0 Å². The van der Waals surface area contributed by atoms with Crippen molar-refractivity contribution in [2.45, 2.75) is 64.1 Å². The summed E-state index contributed by atoms with van der Waals surface area (Å²) in [6.07, 6.45) is 4.56. The third kappa shape index (κ3) is 7.12. The van der Waals surface area contributed by atoms with Gasteiger partial charge in [0.15, 0.2) is 11.5 Å². The SMILES string of the molecule is COc1cc(OCc2cccc(-c3ccc4oc(C5CCN(c6ccccc6)CC5)nc4c3)c2C)c(Cl)cc1CN1CCCC[C@H]1C(=O)O. The zero-order valence-corrected chi connectivity index (χ0v) is 28.8. The second kappa shape index (κ2) is 14.5. The molecule has 0 radical (unpaired) electrons. The van der Waals surface area contributed by atoms with Crippen molar-refractivity contribution in [1.82, 2.24) is 9.88 Å². The lowest BCUT2D eigenvalue weighted by Gasteiger charge is -2.33. The summed E-state index contributed by atoms with van der Waals surface area (Å²) in [4.78, 5) is 21.2. The molecule has 8 nitrogen and oxygen atoms in total. The summed E-state index contributed by atoms with van der Waals surface area (Å²) >= 11 is 6.72. The molecule has 2 saturated heterocycles. The highest BCUT2D eigenvalue weighted by molar-refractivity contribution is 6.32. The van der Waals surface area contributed by atoms with Crippen molar-refractivity contribution in [3.05, 3.63) is 106 Å². The first-order chi connectivity index (χ1) is 23.9. The molecule has 7 rings (SSSR count). The third-order valence-corrected chi connectivity index (χ3v) is 10.4. The van der Waals surface area contributed by atoms with E-state index in [-0.39, 0.29) is 0 Å². The van der Waals surface area contributed by atoms with Crippen LogP contribution in [0.15, 0.2) is 83.3 Å². The molecule has 4 aromatic carbocycles. The van der Waals surface area contributed by atoms with Crippen LogP contribution < -0.4 is 14.4 Å². The van der Waals surface area contributed by atoms with Gasteiger partial charge in [-0.3, -0.25) is 9.69 Å². The molecule has 0 bridgehead atoms. The maximum atomic E-state index is 11.8. The van der Waals surface area contributed by atoms with Crippen molar-refractivity contribution in [3.8, 4) is 22.6 Å². The normalized spacial score (nSPS) is 17.4. The molecule has 1 N–H and O–H groups in total. The van der Waals surface area contributed by atoms with Gasteiger partial charge in [0.05, 0.1) is 12.1 Å². The van der Waals surface area contributed by atoms with Gasteiger partial charge in [-0.1, -0.05) is 60.5 Å². The first-order valence-electron chi connectivity index (χ1n) is 17.1. The average Bonchev–Trinajstić information content (AvgIpc) is 3.56. The van der Waals surface area contributed by atoms with E-state index >= 15 is 0 Å². The molecule has 5 aromatic rings. The quantitative estimate of drug-likeness (QED) is 0.157. The van der Waals surface area contributed by atoms with E-state index in [9.17, 15) is 9.90 Å². The number of likely N-dealkylation sites (tertiary alicyclic amines) is 1. The smallest absolute Gasteiger partial charge is 0.320 e. The number of ether oxygens (including phenoxy) is 2. The summed E-state index contributed by atoms with van der Waals surface area (Å²) < 4.78 is 18.2. The topological polar surface area (TPSA) is 88.3 Å². The Kier molecular flexibility index (Phi) is 9.78. The molecule has 0 amide bonds. The Bertz CT molecular complexity index is 1940. The largest absolute Gasteiger partial charge is 0.496 e. The van der Waals surface area contributed by atoms with Gasteiger partial charge in [0, 0.05) is 42.9 Å². The minimum atomic E-state index is -0.789. The van der Waals surface area contributed by atoms with Gasteiger partial charge in [0.1, 0.15) is 29.7 Å². The lowest BCUT2D eigenvalue weighted by atomic mass is 9.96. The maximum Gasteiger partial charge on any atom is 0.320 e. The number of nitrogens with zero attached hydrogens (tertiary/aromatic N) is 3. The predicted molar refractivity (Wildman–Crippen MR) is 193 cm³/mol. The van der Waals surface area contributed by atoms with E-state index < -0.39 is 12.0 Å². The first kappa shape index (κ1) is 33.0. The molecule has 2 aliphatic rings. The first-order valence-corrected chi connectivity index (χ1v) is 17.5. The molecule has 0 aliphatic carbocycles. The molecule has 0 unspecified atom stereocenters. The Balaban J connectivity index is 1.04. The van der Waals surface area contributed by atoms with E-state index in [1.165, 1.54) is 5.69 Å². The van der Waals surface area contributed by atoms with E-state index in [1.54, 1.807) is 13.2 Å². The van der Waals surface area contributed by atoms with Gasteiger partial charge in [-0.15, -0.1) is 0 Å². The van der Waals surface area contributed by atoms with Crippen LogP contribution in [0.4, 0.5) is 5.69 Å². The maximum absolute atomic E-state index is 11.8. The fourth-order valence-electron chi connectivity index (χ4n) is 7.30. The van der Waals surface area contributed by atoms with Crippen molar-refractivity contribution in [2.75, 3.05) is 31.6 Å². The molecule has 2 fully saturated rings. The molecule has 3 heterocycles. The van der Waals surface area contributed by atoms with Gasteiger partial charge in [0.2, 0.25) is 0 Å². The number of methoxy groups -OCH3 is 1. The number of rotatable bonds is 10. The van der Waals surface area contributed by atoms with E-state index in [1.807, 2.05) is 23.1 Å². The minimum Gasteiger partial charge on any atom is -0.496 e. The van der Waals surface area contributed by atoms with Gasteiger partial charge in [-0.2, -0.15) is 0 Å². The number of hydrogen-bond acceptors (Lipinski definition) is 7. The summed E-state index contributed by atoms with van der Waals surface area (Å²) in [7, 11) is 1.61. The standard InChI is InChI=1S/C40H42ClN3O5/c1-26-29(25-48-38-23-37(47-2)30(21-33(38)41)24-44-18-7-6-13-35(44)40(45)46)9-8-12-32(26)28-14-15-36-34(22-28)42-39(49-36)27-16-19-43(20-17-27)31-10-4-3-5-11-31/h3-5,8-12,14-15,21-23,27,35H,6-7,13,16-20,24-25H2,1-2H3,(H,45,46)/t35-/m0/s1. The number of fused-ring (bicyclic) bond motifs is 1. The van der Waals surface area contributed by atoms with Crippen molar-refractivity contribution in [3.63, 3.8) is 0 Å². The third-order valence-electron chi connectivity index (χ3n) is 10.1. The zero-order chi connectivity index (χ0) is 33.9. The number of aliphatic carboxylic acids is 1. The fraction of sp³-hybridized carbons (Fsp3) is 0.350. The fourth-order valence-corrected chi connectivity index (χ4v) is 7.54. The Hall–Kier alpha value is -4.53. The lowest BCUT2D eigenvalue weighted by molar-refractivity contribution is -0.144. The number of para-hydroxylation sites is 1. The van der Waals surface area contributed by atoms with Crippen LogP contribution in [0, 0.1) is 6.92 Å². The van der Waals surface area contributed by atoms with E-state index in [0.717, 1.165) is 90.1 Å². The van der Waals surface area contributed by atoms with E-state index in [0.29, 0.717) is 42.0 Å². The van der Waals surface area contributed by atoms with Gasteiger partial charge >= 0.3 is 5.97 Å². The monoisotopic (exact) mass is 679 g/mol. The van der Waals surface area contributed by atoms with Crippen LogP contribution >= 0.6 is 11.6 Å². The number of oxazole rings is 1. The van der Waals surface area contributed by atoms with Gasteiger partial charge in [-0.05, 0) is 91.7 Å². The van der Waals surface area contributed by atoms with Gasteiger partial charge in [-0.25, -0.2) is 4.98 Å². The van der Waals surface area contributed by atoms with Crippen molar-refractivity contribution in [2.24, 2.45) is 0 Å². The molecule has 2 aliphatic heterocycles. The number of hydrogen-bond donors (Lipinski definition) is 1. The molecule has 9 heteroatoms. The summed E-state index contributed by atoms with van der Waals surface area (Å²) in [5.74, 6) is 1.50. The number of halogens is 1. The molecular formula is C40H42ClN3O5. The highest BCUT2D eigenvalue weighted by atomic mass is 35.5. The van der Waals surface area contributed by atoms with Crippen LogP contribution in [-0.2, 0) is 17.9 Å². The molecular weight excluding hydrogens is 638 g/mol. The Morgan fingerprint density at radius 1 is 0.939 bits per heavy atom. The van der Waals surface area contributed by atoms with Crippen LogP contribution in [0.1, 0.15) is 60.6 Å². The zero-order valence-electron chi connectivity index (χ0n) is 28.0. The van der Waals surface area contributed by atoms with Gasteiger partial charge < -0.3 is 23.9 Å². The summed E-state index contributed by atoms with van der Waals surface area (Å²) in [6, 6.07) is 26.2. The van der Waals surface area contributed by atoms with Crippen molar-refractivity contribution >= 4 is 34.4 Å². The molecule has 0 saturated carbocycles. The minimum absolute atomic E-state index is 0.309. The highest BCUT2D eigenvalue weighted by Crippen LogP contribution is 2.37. The van der Waals surface area contributed by atoms with Crippen molar-refractivity contribution < 1.29 is 23.8 Å². The summed E-state index contributed by atoms with van der Waals surface area (Å²) in [5.41, 5.74) is 8.14.